The second-order valence-electron chi connectivity index (χ2n) is 7.15. The fourth-order valence-corrected chi connectivity index (χ4v) is 2.81. The van der Waals surface area contributed by atoms with Crippen molar-refractivity contribution in [2.24, 2.45) is 4.99 Å². The fraction of sp³-hybridized carbons (Fsp3) is 0.167. The number of hydrogen-bond acceptors (Lipinski definition) is 2. The molecule has 0 aliphatic rings. The summed E-state index contributed by atoms with van der Waals surface area (Å²) in [5, 5.41) is 8.07. The molecule has 3 N–H and O–H groups in total. The highest BCUT2D eigenvalue weighted by molar-refractivity contribution is 6.03. The molecule has 3 aromatic carbocycles. The molecule has 0 bridgehead atoms. The van der Waals surface area contributed by atoms with Gasteiger partial charge in [0.25, 0.3) is 0 Å². The van der Waals surface area contributed by atoms with E-state index in [0.717, 1.165) is 28.8 Å². The van der Waals surface area contributed by atoms with E-state index in [0.29, 0.717) is 6.54 Å². The maximum atomic E-state index is 13.0. The highest BCUT2D eigenvalue weighted by Crippen LogP contribution is 2.30. The Labute approximate surface area is 184 Å². The molecular formula is C24H23F3N4O. The maximum Gasteiger partial charge on any atom is 0.416 e. The molecule has 0 aliphatic carbocycles. The molecule has 0 atom stereocenters. The van der Waals surface area contributed by atoms with Crippen molar-refractivity contribution in [3.05, 3.63) is 101 Å². The van der Waals surface area contributed by atoms with Crippen LogP contribution in [0.5, 0.6) is 0 Å². The number of rotatable bonds is 5. The number of nitrogens with one attached hydrogen (secondary N) is 3. The third-order valence-electron chi connectivity index (χ3n) is 4.52. The monoisotopic (exact) mass is 440 g/mol. The summed E-state index contributed by atoms with van der Waals surface area (Å²) in [4.78, 5) is 16.7. The van der Waals surface area contributed by atoms with Crippen LogP contribution in [0.15, 0.2) is 83.9 Å². The largest absolute Gasteiger partial charge is 0.416 e. The van der Waals surface area contributed by atoms with E-state index >= 15 is 0 Å². The van der Waals surface area contributed by atoms with Crippen LogP contribution in [0, 0.1) is 6.92 Å². The Morgan fingerprint density at radius 3 is 2.31 bits per heavy atom. The standard InChI is InChI=1S/C24H23F3N4O/c1-17-10-12-19(13-11-17)15-28-22(30-21-9-5-8-20(14-21)24(25,26)27)31-23(32)29-16-18-6-3-2-4-7-18/h2-14H,15-16H2,1H3,(H3,28,29,30,31,32). The number of amides is 2. The summed E-state index contributed by atoms with van der Waals surface area (Å²) in [6.07, 6.45) is -4.47. The van der Waals surface area contributed by atoms with Crippen molar-refractivity contribution in [2.75, 3.05) is 5.32 Å². The topological polar surface area (TPSA) is 65.5 Å². The molecule has 0 aliphatic heterocycles. The van der Waals surface area contributed by atoms with Gasteiger partial charge in [-0.25, -0.2) is 9.79 Å². The van der Waals surface area contributed by atoms with Gasteiger partial charge in [-0.2, -0.15) is 13.2 Å². The Kier molecular flexibility index (Phi) is 7.49. The number of aliphatic imine (C=N–C) groups is 1. The zero-order chi connectivity index (χ0) is 23.0. The quantitative estimate of drug-likeness (QED) is 0.363. The van der Waals surface area contributed by atoms with Gasteiger partial charge < -0.3 is 10.6 Å². The molecule has 8 heteroatoms. The predicted molar refractivity (Wildman–Crippen MR) is 119 cm³/mol. The van der Waals surface area contributed by atoms with E-state index in [1.54, 1.807) is 0 Å². The van der Waals surface area contributed by atoms with Crippen LogP contribution in [-0.4, -0.2) is 12.0 Å². The lowest BCUT2D eigenvalue weighted by molar-refractivity contribution is -0.137. The smallest absolute Gasteiger partial charge is 0.334 e. The van der Waals surface area contributed by atoms with Crippen LogP contribution in [0.3, 0.4) is 0 Å². The van der Waals surface area contributed by atoms with Gasteiger partial charge in [-0.15, -0.1) is 0 Å². The van der Waals surface area contributed by atoms with Gasteiger partial charge in [0.05, 0.1) is 12.1 Å². The Hall–Kier alpha value is -3.81. The van der Waals surface area contributed by atoms with Gasteiger partial charge in [0.2, 0.25) is 5.96 Å². The van der Waals surface area contributed by atoms with Crippen molar-refractivity contribution in [3.8, 4) is 0 Å². The molecule has 2 amide bonds. The van der Waals surface area contributed by atoms with Gasteiger partial charge in [0, 0.05) is 12.2 Å². The number of urea groups is 1. The molecule has 0 fully saturated rings. The van der Waals surface area contributed by atoms with E-state index in [1.807, 2.05) is 61.5 Å². The summed E-state index contributed by atoms with van der Waals surface area (Å²) < 4.78 is 39.1. The second-order valence-corrected chi connectivity index (χ2v) is 7.15. The molecule has 0 spiro atoms. The van der Waals surface area contributed by atoms with Gasteiger partial charge in [-0.05, 0) is 36.2 Å². The zero-order valence-electron chi connectivity index (χ0n) is 17.4. The molecule has 5 nitrogen and oxygen atoms in total. The van der Waals surface area contributed by atoms with Crippen LogP contribution in [0.4, 0.5) is 23.7 Å². The molecule has 0 unspecified atom stereocenters. The van der Waals surface area contributed by atoms with E-state index in [-0.39, 0.29) is 18.2 Å². The van der Waals surface area contributed by atoms with Gasteiger partial charge in [0.15, 0.2) is 0 Å². The number of halogens is 3. The summed E-state index contributed by atoms with van der Waals surface area (Å²) in [5.74, 6) is 0.0375. The van der Waals surface area contributed by atoms with E-state index < -0.39 is 17.8 Å². The Balaban J connectivity index is 1.73. The van der Waals surface area contributed by atoms with Gasteiger partial charge >= 0.3 is 12.2 Å². The number of carbonyl (C=O) groups is 1. The molecule has 0 saturated heterocycles. The number of carbonyl (C=O) groups excluding carboxylic acids is 1. The summed E-state index contributed by atoms with van der Waals surface area (Å²) >= 11 is 0. The average Bonchev–Trinajstić information content (AvgIpc) is 2.77. The lowest BCUT2D eigenvalue weighted by Crippen LogP contribution is -2.42. The third-order valence-corrected chi connectivity index (χ3v) is 4.52. The average molecular weight is 440 g/mol. The Morgan fingerprint density at radius 1 is 0.906 bits per heavy atom. The minimum absolute atomic E-state index is 0.0375. The first kappa shape index (κ1) is 22.9. The summed E-state index contributed by atoms with van der Waals surface area (Å²) in [6.45, 7) is 2.49. The number of alkyl halides is 3. The lowest BCUT2D eigenvalue weighted by atomic mass is 10.1. The number of hydrogen-bond donors (Lipinski definition) is 3. The van der Waals surface area contributed by atoms with Gasteiger partial charge in [-0.3, -0.25) is 5.32 Å². The van der Waals surface area contributed by atoms with Crippen molar-refractivity contribution < 1.29 is 18.0 Å². The van der Waals surface area contributed by atoms with E-state index in [4.69, 9.17) is 0 Å². The first-order valence-electron chi connectivity index (χ1n) is 9.92. The van der Waals surface area contributed by atoms with Crippen molar-refractivity contribution >= 4 is 17.7 Å². The number of guanidine groups is 1. The van der Waals surface area contributed by atoms with Crippen LogP contribution in [-0.2, 0) is 19.3 Å². The van der Waals surface area contributed by atoms with E-state index in [2.05, 4.69) is 20.9 Å². The predicted octanol–water partition coefficient (Wildman–Crippen LogP) is 5.48. The number of aryl methyl sites for hydroxylation is 1. The first-order chi connectivity index (χ1) is 15.3. The normalized spacial score (nSPS) is 11.7. The van der Waals surface area contributed by atoms with Gasteiger partial charge in [-0.1, -0.05) is 66.2 Å². The van der Waals surface area contributed by atoms with Crippen molar-refractivity contribution in [1.29, 1.82) is 0 Å². The van der Waals surface area contributed by atoms with Crippen LogP contribution in [0.2, 0.25) is 0 Å². The van der Waals surface area contributed by atoms with Crippen LogP contribution in [0.1, 0.15) is 22.3 Å². The molecule has 166 valence electrons. The fourth-order valence-electron chi connectivity index (χ4n) is 2.81. The number of nitrogens with zero attached hydrogens (tertiary/aromatic N) is 1. The first-order valence-corrected chi connectivity index (χ1v) is 9.92. The van der Waals surface area contributed by atoms with E-state index in [9.17, 15) is 18.0 Å². The molecule has 0 aromatic heterocycles. The highest BCUT2D eigenvalue weighted by atomic mass is 19.4. The maximum absolute atomic E-state index is 13.0. The van der Waals surface area contributed by atoms with E-state index in [1.165, 1.54) is 12.1 Å². The minimum Gasteiger partial charge on any atom is -0.334 e. The molecule has 0 saturated carbocycles. The Morgan fingerprint density at radius 2 is 1.62 bits per heavy atom. The third kappa shape index (κ3) is 7.16. The summed E-state index contributed by atoms with van der Waals surface area (Å²) in [6, 6.07) is 21.2. The molecule has 0 radical (unpaired) electrons. The van der Waals surface area contributed by atoms with Gasteiger partial charge in [0.1, 0.15) is 0 Å². The minimum atomic E-state index is -4.47. The van der Waals surface area contributed by atoms with Crippen molar-refractivity contribution in [1.82, 2.24) is 10.6 Å². The zero-order valence-corrected chi connectivity index (χ0v) is 17.4. The summed E-state index contributed by atoms with van der Waals surface area (Å²) in [7, 11) is 0. The highest BCUT2D eigenvalue weighted by Gasteiger charge is 2.30. The Bertz CT molecular complexity index is 1060. The second kappa shape index (κ2) is 10.5. The van der Waals surface area contributed by atoms with Crippen molar-refractivity contribution in [2.45, 2.75) is 26.2 Å². The lowest BCUT2D eigenvalue weighted by Gasteiger charge is -2.14. The van der Waals surface area contributed by atoms with Crippen LogP contribution < -0.4 is 16.0 Å². The summed E-state index contributed by atoms with van der Waals surface area (Å²) in [5.41, 5.74) is 2.26. The van der Waals surface area contributed by atoms with Crippen LogP contribution >= 0.6 is 0 Å². The van der Waals surface area contributed by atoms with Crippen LogP contribution in [0.25, 0.3) is 0 Å². The molecule has 3 aromatic rings. The number of anilines is 1. The molecular weight excluding hydrogens is 417 g/mol. The molecule has 32 heavy (non-hydrogen) atoms. The number of benzene rings is 3. The SMILES string of the molecule is Cc1ccc(CN=C(NC(=O)NCc2ccccc2)Nc2cccc(C(F)(F)F)c2)cc1. The van der Waals surface area contributed by atoms with Crippen molar-refractivity contribution in [3.63, 3.8) is 0 Å². The molecule has 0 heterocycles. The molecule has 3 rings (SSSR count).